The molecule has 0 aliphatic carbocycles. The maximum atomic E-state index is 2.44. The first kappa shape index (κ1) is 13.6. The molecule has 0 atom stereocenters. The van der Waals surface area contributed by atoms with Gasteiger partial charge in [0, 0.05) is 0 Å². The van der Waals surface area contributed by atoms with Crippen molar-refractivity contribution in [2.24, 2.45) is 0 Å². The molecule has 0 rings (SSSR count). The average molecular weight is 218 g/mol. The maximum Gasteiger partial charge on any atom is 0.108 e. The highest BCUT2D eigenvalue weighted by atomic mass is 32.4. The average Bonchev–Trinajstić information content (AvgIpc) is 2.01. The Labute approximate surface area is 89.5 Å². The summed E-state index contributed by atoms with van der Waals surface area (Å²) in [4.78, 5) is 0. The Hall–Kier alpha value is 0.567. The molecule has 0 bridgehead atoms. The standard InChI is InChI=1S/C11H26SSi/c1-5-6-7-8-9-10-11-12-13(2,3)4/h5-11H2,1-4H3. The molecule has 0 unspecified atom stereocenters. The number of rotatable bonds is 8. The molecule has 0 aromatic heterocycles. The van der Waals surface area contributed by atoms with Crippen LogP contribution in [0, 0.1) is 0 Å². The lowest BCUT2D eigenvalue weighted by Gasteiger charge is -2.14. The van der Waals surface area contributed by atoms with Crippen LogP contribution in [-0.2, 0) is 0 Å². The first-order chi connectivity index (χ1) is 6.06. The molecule has 0 heterocycles. The van der Waals surface area contributed by atoms with Crippen molar-refractivity contribution < 1.29 is 0 Å². The Kier molecular flexibility index (Phi) is 8.27. The Balaban J connectivity index is 3.00. The van der Waals surface area contributed by atoms with Crippen molar-refractivity contribution in [3.63, 3.8) is 0 Å². The van der Waals surface area contributed by atoms with Gasteiger partial charge >= 0.3 is 0 Å². The van der Waals surface area contributed by atoms with Crippen molar-refractivity contribution in [3.8, 4) is 0 Å². The van der Waals surface area contributed by atoms with E-state index in [0.29, 0.717) is 0 Å². The molecule has 0 aromatic carbocycles. The number of unbranched alkanes of at least 4 members (excludes halogenated alkanes) is 5. The van der Waals surface area contributed by atoms with Crippen LogP contribution < -0.4 is 0 Å². The van der Waals surface area contributed by atoms with Crippen LogP contribution in [0.3, 0.4) is 0 Å². The summed E-state index contributed by atoms with van der Waals surface area (Å²) in [5.41, 5.74) is 0. The SMILES string of the molecule is CCCCCCCCS[Si](C)(C)C. The van der Waals surface area contributed by atoms with Crippen LogP contribution in [0.4, 0.5) is 0 Å². The van der Waals surface area contributed by atoms with Crippen LogP contribution in [0.25, 0.3) is 0 Å². The van der Waals surface area contributed by atoms with E-state index in [1.54, 1.807) is 0 Å². The summed E-state index contributed by atoms with van der Waals surface area (Å²) < 4.78 is 0. The smallest absolute Gasteiger partial charge is 0.108 e. The highest BCUT2D eigenvalue weighted by Crippen LogP contribution is 2.21. The van der Waals surface area contributed by atoms with Gasteiger partial charge in [0.25, 0.3) is 0 Å². The van der Waals surface area contributed by atoms with Crippen molar-refractivity contribution in [1.82, 2.24) is 0 Å². The van der Waals surface area contributed by atoms with Crippen molar-refractivity contribution in [2.45, 2.75) is 65.1 Å². The molecule has 0 fully saturated rings. The van der Waals surface area contributed by atoms with Crippen LogP contribution in [-0.4, -0.2) is 13.0 Å². The Morgan fingerprint density at radius 1 is 0.846 bits per heavy atom. The molecular weight excluding hydrogens is 192 g/mol. The van der Waals surface area contributed by atoms with Gasteiger partial charge in [0.15, 0.2) is 0 Å². The Morgan fingerprint density at radius 2 is 1.38 bits per heavy atom. The van der Waals surface area contributed by atoms with Crippen LogP contribution in [0.2, 0.25) is 19.6 Å². The van der Waals surface area contributed by atoms with Crippen molar-refractivity contribution in [1.29, 1.82) is 0 Å². The van der Waals surface area contributed by atoms with Gasteiger partial charge in [-0.15, -0.1) is 0 Å². The lowest BCUT2D eigenvalue weighted by Crippen LogP contribution is -2.14. The van der Waals surface area contributed by atoms with Crippen molar-refractivity contribution in [3.05, 3.63) is 0 Å². The lowest BCUT2D eigenvalue weighted by atomic mass is 10.1. The minimum atomic E-state index is -0.816. The van der Waals surface area contributed by atoms with E-state index >= 15 is 0 Å². The molecule has 0 saturated carbocycles. The minimum absolute atomic E-state index is 0.816. The maximum absolute atomic E-state index is 2.44. The van der Waals surface area contributed by atoms with Crippen LogP contribution in [0.15, 0.2) is 0 Å². The fourth-order valence-corrected chi connectivity index (χ4v) is 4.49. The topological polar surface area (TPSA) is 0 Å². The summed E-state index contributed by atoms with van der Waals surface area (Å²) in [6, 6.07) is 0. The van der Waals surface area contributed by atoms with Gasteiger partial charge in [-0.3, -0.25) is 0 Å². The third-order valence-corrected chi connectivity index (χ3v) is 6.60. The van der Waals surface area contributed by atoms with Crippen LogP contribution >= 0.6 is 11.2 Å². The quantitative estimate of drug-likeness (QED) is 0.412. The van der Waals surface area contributed by atoms with Crippen LogP contribution in [0.5, 0.6) is 0 Å². The summed E-state index contributed by atoms with van der Waals surface area (Å²) >= 11 is 2.24. The number of hydrogen-bond donors (Lipinski definition) is 0. The molecule has 0 N–H and O–H groups in total. The molecule has 0 aliphatic heterocycles. The van der Waals surface area contributed by atoms with Gasteiger partial charge in [0.05, 0.1) is 0 Å². The summed E-state index contributed by atoms with van der Waals surface area (Å²) in [5, 5.41) is 0. The van der Waals surface area contributed by atoms with Crippen LogP contribution in [0.1, 0.15) is 45.4 Å². The summed E-state index contributed by atoms with van der Waals surface area (Å²) in [6.45, 7) is 9.60. The zero-order valence-corrected chi connectivity index (χ0v) is 11.7. The summed E-state index contributed by atoms with van der Waals surface area (Å²) in [6.07, 6.45) is 8.61. The van der Waals surface area contributed by atoms with Gasteiger partial charge < -0.3 is 0 Å². The van der Waals surface area contributed by atoms with Gasteiger partial charge in [0.1, 0.15) is 7.22 Å². The molecule has 0 saturated heterocycles. The van der Waals surface area contributed by atoms with Gasteiger partial charge in [0.2, 0.25) is 0 Å². The molecule has 0 aliphatic rings. The Bertz CT molecular complexity index is 107. The fourth-order valence-electron chi connectivity index (χ4n) is 1.26. The molecule has 0 amide bonds. The van der Waals surface area contributed by atoms with E-state index in [1.807, 2.05) is 0 Å². The van der Waals surface area contributed by atoms with Crippen molar-refractivity contribution in [2.75, 3.05) is 5.75 Å². The molecule has 0 aromatic rings. The molecule has 80 valence electrons. The van der Waals surface area contributed by atoms with Gasteiger partial charge in [-0.25, -0.2) is 0 Å². The predicted octanol–water partition coefficient (Wildman–Crippen LogP) is 4.92. The van der Waals surface area contributed by atoms with E-state index in [4.69, 9.17) is 0 Å². The van der Waals surface area contributed by atoms with E-state index in [1.165, 1.54) is 44.3 Å². The van der Waals surface area contributed by atoms with E-state index in [9.17, 15) is 0 Å². The van der Waals surface area contributed by atoms with E-state index in [0.717, 1.165) is 0 Å². The minimum Gasteiger partial charge on any atom is -0.186 e. The zero-order valence-electron chi connectivity index (χ0n) is 9.86. The van der Waals surface area contributed by atoms with Gasteiger partial charge in [-0.05, 0) is 12.2 Å². The third-order valence-electron chi connectivity index (χ3n) is 2.03. The highest BCUT2D eigenvalue weighted by Gasteiger charge is 2.12. The van der Waals surface area contributed by atoms with E-state index < -0.39 is 7.22 Å². The molecule has 13 heavy (non-hydrogen) atoms. The first-order valence-electron chi connectivity index (χ1n) is 5.70. The zero-order chi connectivity index (χ0) is 10.2. The van der Waals surface area contributed by atoms with Gasteiger partial charge in [-0.2, -0.15) is 11.2 Å². The second-order valence-corrected chi connectivity index (χ2v) is 14.2. The second-order valence-electron chi connectivity index (χ2n) is 4.73. The van der Waals surface area contributed by atoms with E-state index in [-0.39, 0.29) is 0 Å². The highest BCUT2D eigenvalue weighted by molar-refractivity contribution is 8.28. The molecule has 0 nitrogen and oxygen atoms in total. The summed E-state index contributed by atoms with van der Waals surface area (Å²) in [5.74, 6) is 1.40. The molecule has 2 heteroatoms. The Morgan fingerprint density at radius 3 is 1.92 bits per heavy atom. The van der Waals surface area contributed by atoms with Gasteiger partial charge in [-0.1, -0.05) is 58.7 Å². The molecule has 0 spiro atoms. The number of hydrogen-bond acceptors (Lipinski definition) is 1. The second kappa shape index (κ2) is 7.92. The first-order valence-corrected chi connectivity index (χ1v) is 10.9. The lowest BCUT2D eigenvalue weighted by molar-refractivity contribution is 0.627. The molecule has 0 radical (unpaired) electrons. The third kappa shape index (κ3) is 12.6. The predicted molar refractivity (Wildman–Crippen MR) is 69.2 cm³/mol. The monoisotopic (exact) mass is 218 g/mol. The molecular formula is C11H26SSi. The largest absolute Gasteiger partial charge is 0.186 e. The van der Waals surface area contributed by atoms with Crippen molar-refractivity contribution >= 4 is 18.4 Å². The fraction of sp³-hybridized carbons (Fsp3) is 1.00. The normalized spacial score (nSPS) is 12.0. The summed E-state index contributed by atoms with van der Waals surface area (Å²) in [7, 11) is -0.816. The van der Waals surface area contributed by atoms with E-state index in [2.05, 4.69) is 37.8 Å².